The molecule has 0 bridgehead atoms. The molecule has 1 aromatic rings. The Balaban J connectivity index is 1.29. The molecule has 3 aliphatic rings. The van der Waals surface area contributed by atoms with Crippen molar-refractivity contribution in [1.29, 1.82) is 0 Å². The number of rotatable bonds is 4. The van der Waals surface area contributed by atoms with Crippen molar-refractivity contribution in [2.45, 2.75) is 32.1 Å². The van der Waals surface area contributed by atoms with Crippen LogP contribution in [-0.2, 0) is 4.79 Å². The van der Waals surface area contributed by atoms with Gasteiger partial charge in [-0.3, -0.25) is 9.69 Å². The van der Waals surface area contributed by atoms with Crippen molar-refractivity contribution in [3.05, 3.63) is 12.3 Å². The summed E-state index contributed by atoms with van der Waals surface area (Å²) in [5, 5.41) is 0. The SMILES string of the molecule is O=C(CN1CCN(c2ccnc(N3CCCC3)n2)CC1)N1CCCCC1. The van der Waals surface area contributed by atoms with E-state index in [9.17, 15) is 4.79 Å². The smallest absolute Gasteiger partial charge is 0.236 e. The van der Waals surface area contributed by atoms with Gasteiger partial charge in [-0.05, 0) is 38.2 Å². The van der Waals surface area contributed by atoms with Crippen LogP contribution in [-0.4, -0.2) is 84.6 Å². The number of amides is 1. The van der Waals surface area contributed by atoms with E-state index in [1.165, 1.54) is 19.3 Å². The van der Waals surface area contributed by atoms with Gasteiger partial charge in [-0.1, -0.05) is 0 Å². The van der Waals surface area contributed by atoms with Gasteiger partial charge >= 0.3 is 0 Å². The van der Waals surface area contributed by atoms with E-state index >= 15 is 0 Å². The summed E-state index contributed by atoms with van der Waals surface area (Å²) in [6, 6.07) is 2.01. The lowest BCUT2D eigenvalue weighted by atomic mass is 10.1. The third-order valence-corrected chi connectivity index (χ3v) is 5.78. The van der Waals surface area contributed by atoms with Gasteiger partial charge in [0.1, 0.15) is 5.82 Å². The van der Waals surface area contributed by atoms with Gasteiger partial charge in [-0.2, -0.15) is 4.98 Å². The Labute approximate surface area is 156 Å². The van der Waals surface area contributed by atoms with Crippen LogP contribution in [0.4, 0.5) is 11.8 Å². The van der Waals surface area contributed by atoms with Crippen LogP contribution in [0.25, 0.3) is 0 Å². The van der Waals surface area contributed by atoms with Gasteiger partial charge in [0.2, 0.25) is 11.9 Å². The van der Waals surface area contributed by atoms with Crippen LogP contribution in [0, 0.1) is 0 Å². The molecule has 7 heteroatoms. The van der Waals surface area contributed by atoms with Gasteiger partial charge in [0.25, 0.3) is 0 Å². The van der Waals surface area contributed by atoms with E-state index in [4.69, 9.17) is 4.98 Å². The fourth-order valence-corrected chi connectivity index (χ4v) is 4.15. The Morgan fingerprint density at radius 1 is 0.846 bits per heavy atom. The highest BCUT2D eigenvalue weighted by Gasteiger charge is 2.24. The maximum Gasteiger partial charge on any atom is 0.236 e. The summed E-state index contributed by atoms with van der Waals surface area (Å²) in [5.41, 5.74) is 0. The predicted octanol–water partition coefficient (Wildman–Crippen LogP) is 1.21. The Bertz CT molecular complexity index is 604. The van der Waals surface area contributed by atoms with E-state index in [0.717, 1.165) is 77.0 Å². The molecule has 142 valence electrons. The summed E-state index contributed by atoms with van der Waals surface area (Å²) in [7, 11) is 0. The second-order valence-electron chi connectivity index (χ2n) is 7.61. The maximum atomic E-state index is 12.5. The first-order valence-corrected chi connectivity index (χ1v) is 10.1. The van der Waals surface area contributed by atoms with Gasteiger partial charge in [-0.15, -0.1) is 0 Å². The number of nitrogens with zero attached hydrogens (tertiary/aromatic N) is 6. The molecule has 0 atom stereocenters. The maximum absolute atomic E-state index is 12.5. The number of aromatic nitrogens is 2. The molecule has 1 aromatic heterocycles. The van der Waals surface area contributed by atoms with Crippen LogP contribution >= 0.6 is 0 Å². The molecule has 7 nitrogen and oxygen atoms in total. The van der Waals surface area contributed by atoms with Crippen molar-refractivity contribution in [2.24, 2.45) is 0 Å². The third-order valence-electron chi connectivity index (χ3n) is 5.78. The Morgan fingerprint density at radius 3 is 2.27 bits per heavy atom. The minimum atomic E-state index is 0.302. The molecule has 0 aliphatic carbocycles. The van der Waals surface area contributed by atoms with Crippen molar-refractivity contribution in [3.8, 4) is 0 Å². The van der Waals surface area contributed by atoms with Gasteiger partial charge in [0.15, 0.2) is 0 Å². The summed E-state index contributed by atoms with van der Waals surface area (Å²) in [4.78, 5) is 30.6. The normalized spacial score (nSPS) is 22.1. The minimum absolute atomic E-state index is 0.302. The van der Waals surface area contributed by atoms with Crippen LogP contribution < -0.4 is 9.80 Å². The average molecular weight is 358 g/mol. The van der Waals surface area contributed by atoms with E-state index in [-0.39, 0.29) is 0 Å². The number of hydrogen-bond donors (Lipinski definition) is 0. The lowest BCUT2D eigenvalue weighted by Crippen LogP contribution is -2.51. The quantitative estimate of drug-likeness (QED) is 0.806. The highest BCUT2D eigenvalue weighted by Crippen LogP contribution is 2.20. The molecule has 0 radical (unpaired) electrons. The highest BCUT2D eigenvalue weighted by molar-refractivity contribution is 5.78. The van der Waals surface area contributed by atoms with Crippen molar-refractivity contribution in [1.82, 2.24) is 19.8 Å². The summed E-state index contributed by atoms with van der Waals surface area (Å²) < 4.78 is 0. The van der Waals surface area contributed by atoms with E-state index in [1.54, 1.807) is 0 Å². The van der Waals surface area contributed by atoms with Crippen molar-refractivity contribution in [2.75, 3.05) is 68.7 Å². The monoisotopic (exact) mass is 358 g/mol. The van der Waals surface area contributed by atoms with Gasteiger partial charge < -0.3 is 14.7 Å². The first-order chi connectivity index (χ1) is 12.8. The average Bonchev–Trinajstić information content (AvgIpc) is 3.24. The summed E-state index contributed by atoms with van der Waals surface area (Å²) in [6.45, 7) is 8.26. The zero-order valence-electron chi connectivity index (χ0n) is 15.6. The Kier molecular flexibility index (Phi) is 5.53. The lowest BCUT2D eigenvalue weighted by Gasteiger charge is -2.36. The van der Waals surface area contributed by atoms with E-state index in [1.807, 2.05) is 17.2 Å². The van der Waals surface area contributed by atoms with Crippen LogP contribution in [0.5, 0.6) is 0 Å². The highest BCUT2D eigenvalue weighted by atomic mass is 16.2. The largest absolute Gasteiger partial charge is 0.354 e. The zero-order valence-corrected chi connectivity index (χ0v) is 15.6. The van der Waals surface area contributed by atoms with Gasteiger partial charge in [-0.25, -0.2) is 4.98 Å². The lowest BCUT2D eigenvalue weighted by molar-refractivity contribution is -0.133. The van der Waals surface area contributed by atoms with E-state index < -0.39 is 0 Å². The molecule has 3 fully saturated rings. The molecule has 0 N–H and O–H groups in total. The first kappa shape index (κ1) is 17.5. The number of piperidine rings is 1. The van der Waals surface area contributed by atoms with Crippen LogP contribution in [0.2, 0.25) is 0 Å². The van der Waals surface area contributed by atoms with E-state index in [2.05, 4.69) is 19.7 Å². The number of carbonyl (C=O) groups excluding carboxylic acids is 1. The molecule has 26 heavy (non-hydrogen) atoms. The number of carbonyl (C=O) groups is 1. The molecule has 3 aliphatic heterocycles. The Hall–Kier alpha value is -1.89. The van der Waals surface area contributed by atoms with Crippen LogP contribution in [0.15, 0.2) is 12.3 Å². The molecule has 0 aromatic carbocycles. The number of piperazine rings is 1. The van der Waals surface area contributed by atoms with Gasteiger partial charge in [0.05, 0.1) is 6.54 Å². The summed E-state index contributed by atoms with van der Waals surface area (Å²) in [6.07, 6.45) is 7.93. The molecular formula is C19H30N6O. The molecular weight excluding hydrogens is 328 g/mol. The predicted molar refractivity (Wildman–Crippen MR) is 103 cm³/mol. The molecule has 4 heterocycles. The van der Waals surface area contributed by atoms with Crippen molar-refractivity contribution >= 4 is 17.7 Å². The number of hydrogen-bond acceptors (Lipinski definition) is 6. The van der Waals surface area contributed by atoms with Gasteiger partial charge in [0, 0.05) is 58.6 Å². The second kappa shape index (κ2) is 8.20. The third kappa shape index (κ3) is 4.09. The van der Waals surface area contributed by atoms with E-state index in [0.29, 0.717) is 12.5 Å². The topological polar surface area (TPSA) is 55.8 Å². The molecule has 3 saturated heterocycles. The van der Waals surface area contributed by atoms with Crippen LogP contribution in [0.1, 0.15) is 32.1 Å². The number of likely N-dealkylation sites (tertiary alicyclic amines) is 1. The molecule has 4 rings (SSSR count). The first-order valence-electron chi connectivity index (χ1n) is 10.1. The molecule has 0 saturated carbocycles. The minimum Gasteiger partial charge on any atom is -0.354 e. The van der Waals surface area contributed by atoms with Crippen LogP contribution in [0.3, 0.4) is 0 Å². The number of anilines is 2. The summed E-state index contributed by atoms with van der Waals surface area (Å²) in [5.74, 6) is 2.18. The zero-order chi connectivity index (χ0) is 17.8. The van der Waals surface area contributed by atoms with Crippen molar-refractivity contribution < 1.29 is 4.79 Å². The molecule has 0 unspecified atom stereocenters. The standard InChI is InChI=1S/C19H30N6O/c26-18(24-8-2-1-3-9-24)16-22-12-14-23(15-13-22)17-6-7-20-19(21-17)25-10-4-5-11-25/h6-7H,1-5,8-16H2. The fraction of sp³-hybridized carbons (Fsp3) is 0.737. The molecule has 1 amide bonds. The Morgan fingerprint density at radius 2 is 1.54 bits per heavy atom. The van der Waals surface area contributed by atoms with Crippen molar-refractivity contribution in [3.63, 3.8) is 0 Å². The summed E-state index contributed by atoms with van der Waals surface area (Å²) >= 11 is 0. The fourth-order valence-electron chi connectivity index (χ4n) is 4.15. The second-order valence-corrected chi connectivity index (χ2v) is 7.61. The molecule has 0 spiro atoms.